The van der Waals surface area contributed by atoms with Crippen LogP contribution >= 0.6 is 11.6 Å². The highest BCUT2D eigenvalue weighted by Gasteiger charge is 2.38. The molecule has 1 aliphatic rings. The first-order valence-electron chi connectivity index (χ1n) is 13.8. The maximum atomic E-state index is 6.17. The van der Waals surface area contributed by atoms with Gasteiger partial charge in [0, 0.05) is 10.4 Å². The van der Waals surface area contributed by atoms with Gasteiger partial charge < -0.3 is 0 Å². The Morgan fingerprint density at radius 3 is 1.62 bits per heavy atom. The molecule has 6 aromatic carbocycles. The molecule has 0 N–H and O–H groups in total. The first-order chi connectivity index (χ1) is 19.5. The van der Waals surface area contributed by atoms with Crippen LogP contribution in [0.15, 0.2) is 140 Å². The zero-order valence-electron chi connectivity index (χ0n) is 22.7. The zero-order valence-corrected chi connectivity index (χ0v) is 23.4. The lowest BCUT2D eigenvalue weighted by Crippen LogP contribution is -2.16. The number of hydrogen-bond acceptors (Lipinski definition) is 0. The molecule has 0 aromatic heterocycles. The van der Waals surface area contributed by atoms with Crippen molar-refractivity contribution < 1.29 is 0 Å². The predicted octanol–water partition coefficient (Wildman–Crippen LogP) is 11.3. The molecule has 0 amide bonds. The Bertz CT molecular complexity index is 1850. The third-order valence-electron chi connectivity index (χ3n) is 8.33. The lowest BCUT2D eigenvalue weighted by Gasteiger charge is -2.25. The van der Waals surface area contributed by atoms with Gasteiger partial charge in [0.2, 0.25) is 0 Å². The van der Waals surface area contributed by atoms with Gasteiger partial charge in [-0.2, -0.15) is 0 Å². The highest BCUT2D eigenvalue weighted by atomic mass is 35.5. The summed E-state index contributed by atoms with van der Waals surface area (Å²) in [6.07, 6.45) is 0. The molecule has 0 fully saturated rings. The molecule has 0 saturated carbocycles. The van der Waals surface area contributed by atoms with E-state index in [9.17, 15) is 0 Å². The van der Waals surface area contributed by atoms with Gasteiger partial charge in [-0.3, -0.25) is 0 Å². The summed E-state index contributed by atoms with van der Waals surface area (Å²) in [5.74, 6) is 0. The Morgan fingerprint density at radius 2 is 0.950 bits per heavy atom. The van der Waals surface area contributed by atoms with Gasteiger partial charge in [-0.05, 0) is 97.1 Å². The smallest absolute Gasteiger partial charge is 0.0406 e. The molecule has 1 aliphatic carbocycles. The molecular weight excluding hydrogens is 504 g/mol. The number of halogens is 1. The third-order valence-corrected chi connectivity index (χ3v) is 8.58. The molecule has 192 valence electrons. The quantitative estimate of drug-likeness (QED) is 0.212. The fraction of sp³-hybridized carbons (Fsp3) is 0.0769. The van der Waals surface area contributed by atoms with E-state index >= 15 is 0 Å². The van der Waals surface area contributed by atoms with Crippen molar-refractivity contribution in [3.63, 3.8) is 0 Å². The van der Waals surface area contributed by atoms with Gasteiger partial charge in [0.1, 0.15) is 0 Å². The number of rotatable bonds is 4. The van der Waals surface area contributed by atoms with Gasteiger partial charge in [-0.25, -0.2) is 0 Å². The highest BCUT2D eigenvalue weighted by molar-refractivity contribution is 6.30. The van der Waals surface area contributed by atoms with E-state index in [0.717, 1.165) is 5.02 Å². The van der Waals surface area contributed by atoms with E-state index in [-0.39, 0.29) is 5.41 Å². The number of hydrogen-bond donors (Lipinski definition) is 0. The van der Waals surface area contributed by atoms with E-state index in [0.29, 0.717) is 0 Å². The van der Waals surface area contributed by atoms with Crippen molar-refractivity contribution in [3.8, 4) is 55.6 Å². The van der Waals surface area contributed by atoms with Crippen LogP contribution in [0.5, 0.6) is 0 Å². The maximum Gasteiger partial charge on any atom is 0.0406 e. The average Bonchev–Trinajstić information content (AvgIpc) is 3.23. The summed E-state index contributed by atoms with van der Waals surface area (Å²) in [6, 6.07) is 50.2. The van der Waals surface area contributed by atoms with Gasteiger partial charge in [0.25, 0.3) is 0 Å². The second kappa shape index (κ2) is 9.66. The Kier molecular flexibility index (Phi) is 5.95. The molecular formula is C39H29Cl. The van der Waals surface area contributed by atoms with Crippen LogP contribution in [0.1, 0.15) is 25.0 Å². The summed E-state index contributed by atoms with van der Waals surface area (Å²) in [7, 11) is 0. The molecule has 1 heteroatoms. The van der Waals surface area contributed by atoms with Crippen LogP contribution in [0, 0.1) is 0 Å². The summed E-state index contributed by atoms with van der Waals surface area (Å²) < 4.78 is 0. The van der Waals surface area contributed by atoms with Gasteiger partial charge in [-0.15, -0.1) is 0 Å². The monoisotopic (exact) mass is 532 g/mol. The van der Waals surface area contributed by atoms with Crippen LogP contribution in [-0.4, -0.2) is 0 Å². The molecule has 0 nitrogen and oxygen atoms in total. The Hall–Kier alpha value is -4.39. The normalized spacial score (nSPS) is 13.1. The molecule has 0 unspecified atom stereocenters. The van der Waals surface area contributed by atoms with E-state index in [1.807, 2.05) is 12.1 Å². The van der Waals surface area contributed by atoms with E-state index in [1.54, 1.807) is 0 Å². The molecule has 0 spiro atoms. The van der Waals surface area contributed by atoms with Crippen molar-refractivity contribution in [2.75, 3.05) is 0 Å². The van der Waals surface area contributed by atoms with Crippen LogP contribution in [0.3, 0.4) is 0 Å². The second-order valence-electron chi connectivity index (χ2n) is 11.1. The maximum absolute atomic E-state index is 6.17. The summed E-state index contributed by atoms with van der Waals surface area (Å²) >= 11 is 6.17. The Balaban J connectivity index is 1.43. The summed E-state index contributed by atoms with van der Waals surface area (Å²) in [5.41, 5.74) is 15.2. The third kappa shape index (κ3) is 4.08. The summed E-state index contributed by atoms with van der Waals surface area (Å²) in [4.78, 5) is 0. The van der Waals surface area contributed by atoms with Crippen LogP contribution in [0.4, 0.5) is 0 Å². The van der Waals surface area contributed by atoms with E-state index < -0.39 is 0 Å². The lowest BCUT2D eigenvalue weighted by atomic mass is 9.77. The van der Waals surface area contributed by atoms with Crippen molar-refractivity contribution in [3.05, 3.63) is 156 Å². The molecule has 0 bridgehead atoms. The molecule has 0 radical (unpaired) electrons. The number of fused-ring (bicyclic) bond motifs is 3. The molecule has 6 aromatic rings. The SMILES string of the molecule is CC1(C)c2cc(-c3ccccc3)c(-c3ccccc3)cc2-c2cccc(-c3cccc(-c4ccc(Cl)cc4)c3)c21. The van der Waals surface area contributed by atoms with Crippen LogP contribution < -0.4 is 0 Å². The van der Waals surface area contributed by atoms with E-state index in [4.69, 9.17) is 11.6 Å². The van der Waals surface area contributed by atoms with Gasteiger partial charge in [0.05, 0.1) is 0 Å². The average molecular weight is 533 g/mol. The zero-order chi connectivity index (χ0) is 27.3. The van der Waals surface area contributed by atoms with Crippen LogP contribution in [0.2, 0.25) is 5.02 Å². The fourth-order valence-corrected chi connectivity index (χ4v) is 6.51. The van der Waals surface area contributed by atoms with Crippen molar-refractivity contribution >= 4 is 11.6 Å². The number of benzene rings is 6. The minimum Gasteiger partial charge on any atom is -0.0843 e. The lowest BCUT2D eigenvalue weighted by molar-refractivity contribution is 0.662. The molecule has 7 rings (SSSR count). The van der Waals surface area contributed by atoms with Crippen molar-refractivity contribution in [2.24, 2.45) is 0 Å². The van der Waals surface area contributed by atoms with Crippen molar-refractivity contribution in [1.82, 2.24) is 0 Å². The standard InChI is InChI=1S/C39H29Cl/c1-39(2)37-25-35(28-13-7-4-8-14-28)34(27-11-5-3-6-12-27)24-36(37)33-18-10-17-32(38(33)39)30-16-9-15-29(23-30)26-19-21-31(40)22-20-26/h3-25H,1-2H3. The topological polar surface area (TPSA) is 0 Å². The van der Waals surface area contributed by atoms with Crippen molar-refractivity contribution in [2.45, 2.75) is 19.3 Å². The molecule has 0 saturated heterocycles. The predicted molar refractivity (Wildman–Crippen MR) is 171 cm³/mol. The van der Waals surface area contributed by atoms with Gasteiger partial charge in [0.15, 0.2) is 0 Å². The van der Waals surface area contributed by atoms with Crippen LogP contribution in [-0.2, 0) is 5.41 Å². The fourth-order valence-electron chi connectivity index (χ4n) is 6.39. The van der Waals surface area contributed by atoms with Gasteiger partial charge in [-0.1, -0.05) is 135 Å². The molecule has 40 heavy (non-hydrogen) atoms. The van der Waals surface area contributed by atoms with Crippen molar-refractivity contribution in [1.29, 1.82) is 0 Å². The van der Waals surface area contributed by atoms with Gasteiger partial charge >= 0.3 is 0 Å². The van der Waals surface area contributed by atoms with Crippen LogP contribution in [0.25, 0.3) is 55.6 Å². The highest BCUT2D eigenvalue weighted by Crippen LogP contribution is 2.54. The molecule has 0 aliphatic heterocycles. The Morgan fingerprint density at radius 1 is 0.400 bits per heavy atom. The Labute approximate surface area is 241 Å². The first kappa shape index (κ1) is 24.6. The van der Waals surface area contributed by atoms with E-state index in [1.165, 1.54) is 66.8 Å². The minimum atomic E-state index is -0.156. The minimum absolute atomic E-state index is 0.156. The first-order valence-corrected chi connectivity index (χ1v) is 14.2. The summed E-state index contributed by atoms with van der Waals surface area (Å²) in [5, 5.41) is 0.755. The molecule has 0 atom stereocenters. The van der Waals surface area contributed by atoms with E-state index in [2.05, 4.69) is 141 Å². The second-order valence-corrected chi connectivity index (χ2v) is 11.6. The largest absolute Gasteiger partial charge is 0.0843 e. The molecule has 0 heterocycles. The summed E-state index contributed by atoms with van der Waals surface area (Å²) in [6.45, 7) is 4.75.